The van der Waals surface area contributed by atoms with E-state index in [0.717, 1.165) is 25.2 Å². The summed E-state index contributed by atoms with van der Waals surface area (Å²) in [5.41, 5.74) is 4.26. The molecule has 3 heterocycles. The van der Waals surface area contributed by atoms with Gasteiger partial charge in [-0.05, 0) is 59.8 Å². The zero-order valence-corrected chi connectivity index (χ0v) is 17.8. The molecule has 160 valence electrons. The molecule has 9 heteroatoms. The Labute approximate surface area is 187 Å². The minimum Gasteiger partial charge on any atom is -0.367 e. The van der Waals surface area contributed by atoms with Gasteiger partial charge in [0.1, 0.15) is 0 Å². The molecule has 1 N–H and O–H groups in total. The van der Waals surface area contributed by atoms with Crippen LogP contribution in [0.2, 0.25) is 0 Å². The number of nitrogens with zero attached hydrogens (tertiary/aromatic N) is 4. The van der Waals surface area contributed by atoms with Crippen LogP contribution in [-0.2, 0) is 13.0 Å². The molecule has 2 aromatic carbocycles. The van der Waals surface area contributed by atoms with Crippen molar-refractivity contribution in [3.8, 4) is 5.69 Å². The lowest BCUT2D eigenvalue weighted by Gasteiger charge is -2.29. The molecule has 0 atom stereocenters. The van der Waals surface area contributed by atoms with E-state index < -0.39 is 4.92 Å². The molecule has 2 aromatic heterocycles. The van der Waals surface area contributed by atoms with E-state index in [1.807, 2.05) is 35.6 Å². The smallest absolute Gasteiger partial charge is 0.269 e. The van der Waals surface area contributed by atoms with Gasteiger partial charge in [0.05, 0.1) is 22.4 Å². The number of anilines is 2. The lowest BCUT2D eigenvalue weighted by Crippen LogP contribution is -2.29. The molecular weight excluding hydrogens is 426 g/mol. The maximum atomic E-state index is 12.6. The fourth-order valence-corrected chi connectivity index (χ4v) is 4.63. The minimum absolute atomic E-state index is 0.00244. The predicted octanol–water partition coefficient (Wildman–Crippen LogP) is 4.66. The topological polar surface area (TPSA) is 93.3 Å². The van der Waals surface area contributed by atoms with Crippen LogP contribution in [0, 0.1) is 10.1 Å². The summed E-state index contributed by atoms with van der Waals surface area (Å²) >= 11 is 1.82. The lowest BCUT2D eigenvalue weighted by molar-refractivity contribution is -0.384. The second kappa shape index (κ2) is 8.27. The van der Waals surface area contributed by atoms with Crippen molar-refractivity contribution < 1.29 is 9.72 Å². The van der Waals surface area contributed by atoms with E-state index in [0.29, 0.717) is 16.9 Å². The van der Waals surface area contributed by atoms with Gasteiger partial charge in [0.15, 0.2) is 0 Å². The van der Waals surface area contributed by atoms with E-state index in [4.69, 9.17) is 0 Å². The summed E-state index contributed by atoms with van der Waals surface area (Å²) in [7, 11) is 0. The van der Waals surface area contributed by atoms with E-state index in [9.17, 15) is 14.9 Å². The Morgan fingerprint density at radius 2 is 1.81 bits per heavy atom. The molecule has 1 amide bonds. The van der Waals surface area contributed by atoms with Crippen LogP contribution in [0.5, 0.6) is 0 Å². The van der Waals surface area contributed by atoms with Gasteiger partial charge >= 0.3 is 0 Å². The second-order valence-corrected chi connectivity index (χ2v) is 8.49. The molecule has 0 fully saturated rings. The van der Waals surface area contributed by atoms with E-state index >= 15 is 0 Å². The summed E-state index contributed by atoms with van der Waals surface area (Å²) in [6.45, 7) is 1.90. The second-order valence-electron chi connectivity index (χ2n) is 7.49. The number of non-ortho nitro benzene ring substituents is 1. The fraction of sp³-hybridized carbons (Fsp3) is 0.130. The molecule has 1 aliphatic rings. The summed E-state index contributed by atoms with van der Waals surface area (Å²) in [6, 6.07) is 16.0. The minimum atomic E-state index is -0.457. The Morgan fingerprint density at radius 3 is 2.56 bits per heavy atom. The monoisotopic (exact) mass is 445 g/mol. The molecule has 0 spiro atoms. The van der Waals surface area contributed by atoms with Crippen molar-refractivity contribution in [3.05, 3.63) is 98.5 Å². The Kier molecular flexibility index (Phi) is 5.16. The van der Waals surface area contributed by atoms with E-state index in [2.05, 4.69) is 26.8 Å². The summed E-state index contributed by atoms with van der Waals surface area (Å²) in [4.78, 5) is 26.8. The molecule has 1 aliphatic heterocycles. The van der Waals surface area contributed by atoms with Crippen LogP contribution < -0.4 is 10.2 Å². The number of carbonyl (C=O) groups excluding carboxylic acids is 1. The maximum Gasteiger partial charge on any atom is 0.269 e. The van der Waals surface area contributed by atoms with Crippen LogP contribution in [0.1, 0.15) is 20.8 Å². The van der Waals surface area contributed by atoms with E-state index in [1.165, 1.54) is 33.5 Å². The van der Waals surface area contributed by atoms with Gasteiger partial charge in [-0.3, -0.25) is 14.9 Å². The van der Waals surface area contributed by atoms with Crippen LogP contribution in [0.4, 0.5) is 17.1 Å². The molecule has 8 nitrogen and oxygen atoms in total. The van der Waals surface area contributed by atoms with Crippen molar-refractivity contribution in [2.75, 3.05) is 16.8 Å². The fourth-order valence-electron chi connectivity index (χ4n) is 3.74. The first-order chi connectivity index (χ1) is 15.6. The third kappa shape index (κ3) is 3.97. The SMILES string of the molecule is O=C(Nc1ccc(N2CCc3sccc3C2)cc1)c1cnn(-c2ccc([N+](=O)[O-])cc2)c1. The Balaban J connectivity index is 1.24. The van der Waals surface area contributed by atoms with Crippen LogP contribution in [-0.4, -0.2) is 27.2 Å². The number of rotatable bonds is 5. The Bertz CT molecular complexity index is 1280. The van der Waals surface area contributed by atoms with E-state index in [1.54, 1.807) is 18.3 Å². The van der Waals surface area contributed by atoms with Gasteiger partial charge in [0.2, 0.25) is 0 Å². The van der Waals surface area contributed by atoms with Crippen LogP contribution in [0.15, 0.2) is 72.4 Å². The van der Waals surface area contributed by atoms with Gasteiger partial charge in [0, 0.05) is 47.7 Å². The summed E-state index contributed by atoms with van der Waals surface area (Å²) in [5, 5.41) is 20.0. The van der Waals surface area contributed by atoms with Crippen molar-refractivity contribution in [1.82, 2.24) is 9.78 Å². The first-order valence-electron chi connectivity index (χ1n) is 10.1. The third-order valence-electron chi connectivity index (χ3n) is 5.47. The van der Waals surface area contributed by atoms with Crippen molar-refractivity contribution in [2.24, 2.45) is 0 Å². The van der Waals surface area contributed by atoms with E-state index in [-0.39, 0.29) is 11.6 Å². The number of fused-ring (bicyclic) bond motifs is 1. The quantitative estimate of drug-likeness (QED) is 0.356. The number of carbonyl (C=O) groups is 1. The van der Waals surface area contributed by atoms with Crippen LogP contribution in [0.3, 0.4) is 0 Å². The summed E-state index contributed by atoms with van der Waals surface area (Å²) in [6.07, 6.45) is 4.12. The molecule has 0 aliphatic carbocycles. The highest BCUT2D eigenvalue weighted by atomic mass is 32.1. The van der Waals surface area contributed by atoms with Gasteiger partial charge in [-0.1, -0.05) is 0 Å². The highest BCUT2D eigenvalue weighted by Crippen LogP contribution is 2.28. The highest BCUT2D eigenvalue weighted by molar-refractivity contribution is 7.10. The zero-order valence-electron chi connectivity index (χ0n) is 17.0. The van der Waals surface area contributed by atoms with Crippen LogP contribution >= 0.6 is 11.3 Å². The largest absolute Gasteiger partial charge is 0.367 e. The number of thiophene rings is 1. The van der Waals surface area contributed by atoms with Crippen LogP contribution in [0.25, 0.3) is 5.69 Å². The molecule has 32 heavy (non-hydrogen) atoms. The standard InChI is InChI=1S/C23H19N5O3S/c29-23(17-13-24-27(15-17)20-5-7-21(8-6-20)28(30)31)25-18-1-3-19(4-2-18)26-11-9-22-16(14-26)10-12-32-22/h1-8,10,12-13,15H,9,11,14H2,(H,25,29). The highest BCUT2D eigenvalue weighted by Gasteiger charge is 2.17. The normalized spacial score (nSPS) is 12.9. The molecule has 0 radical (unpaired) electrons. The van der Waals surface area contributed by atoms with Crippen molar-refractivity contribution in [3.63, 3.8) is 0 Å². The average Bonchev–Trinajstić information content (AvgIpc) is 3.49. The molecule has 5 rings (SSSR count). The van der Waals surface area contributed by atoms with Gasteiger partial charge in [-0.15, -0.1) is 11.3 Å². The predicted molar refractivity (Wildman–Crippen MR) is 124 cm³/mol. The zero-order chi connectivity index (χ0) is 22.1. The maximum absolute atomic E-state index is 12.6. The number of nitrogens with one attached hydrogen (secondary N) is 1. The number of benzene rings is 2. The summed E-state index contributed by atoms with van der Waals surface area (Å²) in [5.74, 6) is -0.271. The molecular formula is C23H19N5O3S. The van der Waals surface area contributed by atoms with Crippen molar-refractivity contribution >= 4 is 34.3 Å². The number of amides is 1. The first kappa shape index (κ1) is 20.0. The number of hydrogen-bond acceptors (Lipinski definition) is 6. The number of nitro benzene ring substituents is 1. The van der Waals surface area contributed by atoms with Crippen molar-refractivity contribution in [2.45, 2.75) is 13.0 Å². The first-order valence-corrected chi connectivity index (χ1v) is 11.0. The van der Waals surface area contributed by atoms with Crippen molar-refractivity contribution in [1.29, 1.82) is 0 Å². The molecule has 0 saturated carbocycles. The Morgan fingerprint density at radius 1 is 1.06 bits per heavy atom. The number of hydrogen-bond donors (Lipinski definition) is 1. The lowest BCUT2D eigenvalue weighted by atomic mass is 10.1. The number of nitro groups is 1. The van der Waals surface area contributed by atoms with Gasteiger partial charge in [-0.2, -0.15) is 5.10 Å². The summed E-state index contributed by atoms with van der Waals surface area (Å²) < 4.78 is 1.51. The third-order valence-corrected chi connectivity index (χ3v) is 6.49. The molecule has 0 unspecified atom stereocenters. The number of aromatic nitrogens is 2. The average molecular weight is 446 g/mol. The molecule has 0 bridgehead atoms. The molecule has 4 aromatic rings. The van der Waals surface area contributed by atoms with Gasteiger partial charge in [0.25, 0.3) is 11.6 Å². The van der Waals surface area contributed by atoms with Gasteiger partial charge in [-0.25, -0.2) is 4.68 Å². The Hall–Kier alpha value is -3.98. The van der Waals surface area contributed by atoms with Gasteiger partial charge < -0.3 is 10.2 Å². The molecule has 0 saturated heterocycles.